The zero-order chi connectivity index (χ0) is 16.3. The number of rotatable bonds is 5. The molecule has 0 radical (unpaired) electrons. The molecule has 1 saturated carbocycles. The highest BCUT2D eigenvalue weighted by molar-refractivity contribution is 7.91. The smallest absolute Gasteiger partial charge is 0.237 e. The molecule has 1 unspecified atom stereocenters. The first kappa shape index (κ1) is 17.7. The van der Waals surface area contributed by atoms with Crippen molar-refractivity contribution in [3.63, 3.8) is 0 Å². The van der Waals surface area contributed by atoms with Gasteiger partial charge in [0.15, 0.2) is 9.84 Å². The Labute approximate surface area is 135 Å². The van der Waals surface area contributed by atoms with Gasteiger partial charge in [0, 0.05) is 18.6 Å². The van der Waals surface area contributed by atoms with Gasteiger partial charge in [0.1, 0.15) is 0 Å². The van der Waals surface area contributed by atoms with E-state index in [9.17, 15) is 13.2 Å². The van der Waals surface area contributed by atoms with Crippen LogP contribution in [-0.2, 0) is 14.6 Å². The molecule has 0 bridgehead atoms. The molecule has 0 aromatic heterocycles. The number of carbonyl (C=O) groups excluding carboxylic acids is 1. The zero-order valence-electron chi connectivity index (χ0n) is 14.1. The molecule has 0 aromatic carbocycles. The normalized spacial score (nSPS) is 31.4. The van der Waals surface area contributed by atoms with E-state index < -0.39 is 9.84 Å². The van der Waals surface area contributed by atoms with Crippen LogP contribution in [0.3, 0.4) is 0 Å². The van der Waals surface area contributed by atoms with Crippen LogP contribution in [0.15, 0.2) is 0 Å². The van der Waals surface area contributed by atoms with E-state index in [2.05, 4.69) is 11.8 Å². The molecular weight excluding hydrogens is 300 g/mol. The Balaban J connectivity index is 1.89. The van der Waals surface area contributed by atoms with Crippen LogP contribution in [0.4, 0.5) is 0 Å². The van der Waals surface area contributed by atoms with Gasteiger partial charge in [-0.05, 0) is 52.0 Å². The molecule has 6 heteroatoms. The number of amides is 1. The average molecular weight is 330 g/mol. The van der Waals surface area contributed by atoms with Crippen molar-refractivity contribution in [2.24, 2.45) is 5.92 Å². The Kier molecular flexibility index (Phi) is 5.88. The van der Waals surface area contributed by atoms with Gasteiger partial charge < -0.3 is 4.90 Å². The summed E-state index contributed by atoms with van der Waals surface area (Å²) in [5.74, 6) is 1.23. The third kappa shape index (κ3) is 4.44. The Morgan fingerprint density at radius 1 is 1.09 bits per heavy atom. The number of likely N-dealkylation sites (N-methyl/N-ethyl adjacent to an activating group) is 2. The summed E-state index contributed by atoms with van der Waals surface area (Å²) in [6.45, 7) is 5.23. The van der Waals surface area contributed by atoms with Crippen molar-refractivity contribution in [3.05, 3.63) is 0 Å². The van der Waals surface area contributed by atoms with E-state index >= 15 is 0 Å². The third-order valence-corrected chi connectivity index (χ3v) is 7.05. The van der Waals surface area contributed by atoms with Gasteiger partial charge >= 0.3 is 0 Å². The average Bonchev–Trinajstić information content (AvgIpc) is 2.80. The Morgan fingerprint density at radius 3 is 2.23 bits per heavy atom. The lowest BCUT2D eigenvalue weighted by Crippen LogP contribution is -2.47. The molecule has 0 N–H and O–H groups in total. The fraction of sp³-hybridized carbons (Fsp3) is 0.938. The van der Waals surface area contributed by atoms with E-state index in [0.29, 0.717) is 25.6 Å². The first-order chi connectivity index (χ1) is 10.3. The fourth-order valence-corrected chi connectivity index (χ4v) is 5.51. The van der Waals surface area contributed by atoms with Crippen LogP contribution in [0.5, 0.6) is 0 Å². The summed E-state index contributed by atoms with van der Waals surface area (Å²) in [5.41, 5.74) is 0. The summed E-state index contributed by atoms with van der Waals surface area (Å²) in [6.07, 6.45) is 5.39. The molecule has 1 saturated heterocycles. The van der Waals surface area contributed by atoms with E-state index in [-0.39, 0.29) is 23.5 Å². The predicted molar refractivity (Wildman–Crippen MR) is 88.5 cm³/mol. The molecule has 5 nitrogen and oxygen atoms in total. The fourth-order valence-electron chi connectivity index (χ4n) is 3.78. The molecule has 128 valence electrons. The second-order valence-electron chi connectivity index (χ2n) is 7.07. The van der Waals surface area contributed by atoms with E-state index in [1.165, 1.54) is 12.8 Å². The number of hydrogen-bond acceptors (Lipinski definition) is 4. The molecule has 1 heterocycles. The monoisotopic (exact) mass is 330 g/mol. The minimum Gasteiger partial charge on any atom is -0.338 e. The lowest BCUT2D eigenvalue weighted by Gasteiger charge is -2.35. The number of carbonyl (C=O) groups is 1. The highest BCUT2D eigenvalue weighted by Crippen LogP contribution is 2.26. The zero-order valence-corrected chi connectivity index (χ0v) is 14.9. The van der Waals surface area contributed by atoms with Crippen molar-refractivity contribution in [2.75, 3.05) is 31.6 Å². The molecule has 2 aliphatic rings. The minimum absolute atomic E-state index is 0.0747. The second-order valence-corrected chi connectivity index (χ2v) is 9.29. The van der Waals surface area contributed by atoms with Gasteiger partial charge in [-0.25, -0.2) is 8.42 Å². The summed E-state index contributed by atoms with van der Waals surface area (Å²) in [4.78, 5) is 16.5. The van der Waals surface area contributed by atoms with E-state index in [4.69, 9.17) is 0 Å². The topological polar surface area (TPSA) is 57.7 Å². The van der Waals surface area contributed by atoms with Crippen LogP contribution < -0.4 is 0 Å². The lowest BCUT2D eigenvalue weighted by atomic mass is 9.87. The van der Waals surface area contributed by atoms with Gasteiger partial charge in [-0.3, -0.25) is 9.69 Å². The van der Waals surface area contributed by atoms with Crippen LogP contribution in [0.25, 0.3) is 0 Å². The van der Waals surface area contributed by atoms with Gasteiger partial charge in [-0.15, -0.1) is 0 Å². The molecule has 1 aliphatic carbocycles. The standard InChI is InChI=1S/C16H30N2O3S/c1-4-18(15-9-10-22(20,21)12-15)16(19)11-17(3)14-7-5-13(2)6-8-14/h13-15H,4-12H2,1-3H3. The van der Waals surface area contributed by atoms with Crippen molar-refractivity contribution in [1.82, 2.24) is 9.80 Å². The van der Waals surface area contributed by atoms with Crippen molar-refractivity contribution in [2.45, 2.75) is 58.0 Å². The van der Waals surface area contributed by atoms with Gasteiger partial charge in [0.25, 0.3) is 0 Å². The van der Waals surface area contributed by atoms with E-state index in [1.54, 1.807) is 4.90 Å². The molecule has 22 heavy (non-hydrogen) atoms. The lowest BCUT2D eigenvalue weighted by molar-refractivity contribution is -0.134. The Bertz CT molecular complexity index is 484. The van der Waals surface area contributed by atoms with Crippen molar-refractivity contribution >= 4 is 15.7 Å². The summed E-state index contributed by atoms with van der Waals surface area (Å²) < 4.78 is 23.3. The van der Waals surface area contributed by atoms with Crippen LogP contribution in [-0.4, -0.2) is 67.9 Å². The first-order valence-electron chi connectivity index (χ1n) is 8.52. The van der Waals surface area contributed by atoms with Crippen LogP contribution >= 0.6 is 0 Å². The largest absolute Gasteiger partial charge is 0.338 e. The van der Waals surface area contributed by atoms with Gasteiger partial charge in [0.05, 0.1) is 18.1 Å². The van der Waals surface area contributed by atoms with Crippen molar-refractivity contribution in [1.29, 1.82) is 0 Å². The summed E-state index contributed by atoms with van der Waals surface area (Å²) in [7, 11) is -0.921. The maximum atomic E-state index is 12.6. The second kappa shape index (κ2) is 7.30. The third-order valence-electron chi connectivity index (χ3n) is 5.30. The van der Waals surface area contributed by atoms with Gasteiger partial charge in [-0.1, -0.05) is 6.92 Å². The maximum absolute atomic E-state index is 12.6. The Hall–Kier alpha value is -0.620. The molecule has 1 atom stereocenters. The van der Waals surface area contributed by atoms with Crippen molar-refractivity contribution < 1.29 is 13.2 Å². The van der Waals surface area contributed by atoms with Crippen LogP contribution in [0.2, 0.25) is 0 Å². The molecule has 2 rings (SSSR count). The predicted octanol–water partition coefficient (Wildman–Crippen LogP) is 1.53. The molecule has 1 amide bonds. The molecule has 2 fully saturated rings. The van der Waals surface area contributed by atoms with E-state index in [1.807, 2.05) is 14.0 Å². The Morgan fingerprint density at radius 2 is 1.73 bits per heavy atom. The maximum Gasteiger partial charge on any atom is 0.237 e. The molecule has 0 aromatic rings. The van der Waals surface area contributed by atoms with Gasteiger partial charge in [0.2, 0.25) is 5.91 Å². The van der Waals surface area contributed by atoms with Crippen molar-refractivity contribution in [3.8, 4) is 0 Å². The first-order valence-corrected chi connectivity index (χ1v) is 10.3. The summed E-state index contributed by atoms with van der Waals surface area (Å²) >= 11 is 0. The number of sulfone groups is 1. The molecule has 1 aliphatic heterocycles. The summed E-state index contributed by atoms with van der Waals surface area (Å²) in [6, 6.07) is 0.369. The van der Waals surface area contributed by atoms with Crippen LogP contribution in [0.1, 0.15) is 46.0 Å². The van der Waals surface area contributed by atoms with E-state index in [0.717, 1.165) is 18.8 Å². The molecule has 0 spiro atoms. The SMILES string of the molecule is CCN(C(=O)CN(C)C1CCC(C)CC1)C1CCS(=O)(=O)C1. The van der Waals surface area contributed by atoms with Gasteiger partial charge in [-0.2, -0.15) is 0 Å². The number of nitrogens with zero attached hydrogens (tertiary/aromatic N) is 2. The van der Waals surface area contributed by atoms with Crippen LogP contribution in [0, 0.1) is 5.92 Å². The quantitative estimate of drug-likeness (QED) is 0.767. The minimum atomic E-state index is -2.95. The molecular formula is C16H30N2O3S. The highest BCUT2D eigenvalue weighted by atomic mass is 32.2. The highest BCUT2D eigenvalue weighted by Gasteiger charge is 2.34. The summed E-state index contributed by atoms with van der Waals surface area (Å²) in [5, 5.41) is 0. The number of hydrogen-bond donors (Lipinski definition) is 0.